The highest BCUT2D eigenvalue weighted by Crippen LogP contribution is 2.25. The summed E-state index contributed by atoms with van der Waals surface area (Å²) in [5, 5.41) is 0. The largest absolute Gasteiger partial charge is 0.384 e. The van der Waals surface area contributed by atoms with Crippen molar-refractivity contribution in [1.29, 1.82) is 0 Å². The van der Waals surface area contributed by atoms with Gasteiger partial charge in [-0.25, -0.2) is 0 Å². The first-order chi connectivity index (χ1) is 7.79. The van der Waals surface area contributed by atoms with Gasteiger partial charge in [-0.3, -0.25) is 0 Å². The summed E-state index contributed by atoms with van der Waals surface area (Å²) >= 11 is 0. The van der Waals surface area contributed by atoms with E-state index in [1.165, 1.54) is 38.5 Å². The van der Waals surface area contributed by atoms with Crippen LogP contribution in [0.25, 0.3) is 0 Å². The van der Waals surface area contributed by atoms with Gasteiger partial charge in [0.25, 0.3) is 0 Å². The molecule has 0 saturated carbocycles. The molecule has 2 atom stereocenters. The first-order valence-corrected chi connectivity index (χ1v) is 6.64. The number of ether oxygens (including phenoxy) is 1. The van der Waals surface area contributed by atoms with Crippen molar-refractivity contribution < 1.29 is 4.74 Å². The fourth-order valence-corrected chi connectivity index (χ4v) is 2.26. The second-order valence-corrected chi connectivity index (χ2v) is 4.53. The first kappa shape index (κ1) is 15.5. The van der Waals surface area contributed by atoms with Gasteiger partial charge < -0.3 is 4.74 Å². The number of hydrogen-bond acceptors (Lipinski definition) is 1. The zero-order valence-corrected chi connectivity index (χ0v) is 11.3. The molecule has 1 heteroatoms. The van der Waals surface area contributed by atoms with Crippen molar-refractivity contribution in [3.05, 3.63) is 18.4 Å². The van der Waals surface area contributed by atoms with E-state index in [9.17, 15) is 0 Å². The SMILES string of the molecule is C=C=CC(COC)C(CCC)CCCCC. The van der Waals surface area contributed by atoms with E-state index in [0.29, 0.717) is 5.92 Å². The van der Waals surface area contributed by atoms with Crippen LogP contribution in [-0.2, 0) is 4.74 Å². The van der Waals surface area contributed by atoms with Crippen LogP contribution in [0.2, 0.25) is 0 Å². The predicted octanol–water partition coefficient (Wildman–Crippen LogP) is 4.59. The van der Waals surface area contributed by atoms with Crippen LogP contribution in [0.5, 0.6) is 0 Å². The third-order valence-corrected chi connectivity index (χ3v) is 3.13. The van der Waals surface area contributed by atoms with Gasteiger partial charge in [0.05, 0.1) is 6.61 Å². The molecule has 0 fully saturated rings. The van der Waals surface area contributed by atoms with Gasteiger partial charge >= 0.3 is 0 Å². The molecule has 0 aliphatic rings. The second kappa shape index (κ2) is 11.0. The Kier molecular flexibility index (Phi) is 10.6. The third kappa shape index (κ3) is 6.87. The van der Waals surface area contributed by atoms with Crippen LogP contribution < -0.4 is 0 Å². The van der Waals surface area contributed by atoms with Crippen molar-refractivity contribution in [2.24, 2.45) is 11.8 Å². The number of hydrogen-bond donors (Lipinski definition) is 0. The van der Waals surface area contributed by atoms with Crippen LogP contribution in [-0.4, -0.2) is 13.7 Å². The fraction of sp³-hybridized carbons (Fsp3) is 0.800. The van der Waals surface area contributed by atoms with Crippen molar-refractivity contribution in [3.8, 4) is 0 Å². The Labute approximate surface area is 102 Å². The molecule has 0 heterocycles. The summed E-state index contributed by atoms with van der Waals surface area (Å²) in [5.74, 6) is 1.24. The number of unbranched alkanes of at least 4 members (excludes halogenated alkanes) is 2. The van der Waals surface area contributed by atoms with Crippen LogP contribution in [0.1, 0.15) is 52.4 Å². The van der Waals surface area contributed by atoms with Gasteiger partial charge in [0.1, 0.15) is 0 Å². The molecule has 0 aliphatic carbocycles. The van der Waals surface area contributed by atoms with Gasteiger partial charge in [-0.1, -0.05) is 52.5 Å². The first-order valence-electron chi connectivity index (χ1n) is 6.64. The van der Waals surface area contributed by atoms with Crippen LogP contribution in [0.15, 0.2) is 18.4 Å². The lowest BCUT2D eigenvalue weighted by atomic mass is 9.84. The van der Waals surface area contributed by atoms with Crippen molar-refractivity contribution >= 4 is 0 Å². The molecule has 16 heavy (non-hydrogen) atoms. The zero-order valence-electron chi connectivity index (χ0n) is 11.3. The van der Waals surface area contributed by atoms with Crippen molar-refractivity contribution in [2.75, 3.05) is 13.7 Å². The Balaban J connectivity index is 4.25. The fourth-order valence-electron chi connectivity index (χ4n) is 2.26. The highest BCUT2D eigenvalue weighted by atomic mass is 16.5. The third-order valence-electron chi connectivity index (χ3n) is 3.13. The van der Waals surface area contributed by atoms with Crippen molar-refractivity contribution in [2.45, 2.75) is 52.4 Å². The van der Waals surface area contributed by atoms with Gasteiger partial charge in [0, 0.05) is 13.0 Å². The highest BCUT2D eigenvalue weighted by molar-refractivity contribution is 4.88. The molecule has 1 nitrogen and oxygen atoms in total. The van der Waals surface area contributed by atoms with E-state index in [-0.39, 0.29) is 0 Å². The molecule has 0 saturated heterocycles. The summed E-state index contributed by atoms with van der Waals surface area (Å²) in [6.45, 7) is 9.00. The lowest BCUT2D eigenvalue weighted by Crippen LogP contribution is -2.17. The Hall–Kier alpha value is -0.520. The minimum absolute atomic E-state index is 0.499. The molecule has 0 spiro atoms. The average molecular weight is 224 g/mol. The molecule has 0 amide bonds. The summed E-state index contributed by atoms with van der Waals surface area (Å²) in [6.07, 6.45) is 9.93. The van der Waals surface area contributed by atoms with Gasteiger partial charge in [-0.15, -0.1) is 5.73 Å². The smallest absolute Gasteiger partial charge is 0.0533 e. The molecule has 94 valence electrons. The van der Waals surface area contributed by atoms with Crippen LogP contribution in [0, 0.1) is 11.8 Å². The maximum Gasteiger partial charge on any atom is 0.0533 e. The molecule has 0 aliphatic heterocycles. The quantitative estimate of drug-likeness (QED) is 0.389. The molecule has 2 unspecified atom stereocenters. The van der Waals surface area contributed by atoms with Gasteiger partial charge in [0.15, 0.2) is 0 Å². The molecule has 0 radical (unpaired) electrons. The Bertz CT molecular complexity index is 192. The number of methoxy groups -OCH3 is 1. The van der Waals surface area contributed by atoms with E-state index in [1.54, 1.807) is 7.11 Å². The molecule has 0 aromatic carbocycles. The Morgan fingerprint density at radius 3 is 2.44 bits per heavy atom. The van der Waals surface area contributed by atoms with E-state index in [0.717, 1.165) is 12.5 Å². The average Bonchev–Trinajstić information content (AvgIpc) is 2.28. The molecular weight excluding hydrogens is 196 g/mol. The summed E-state index contributed by atoms with van der Waals surface area (Å²) < 4.78 is 5.29. The molecule has 0 bridgehead atoms. The summed E-state index contributed by atoms with van der Waals surface area (Å²) in [4.78, 5) is 0. The van der Waals surface area contributed by atoms with Crippen molar-refractivity contribution in [1.82, 2.24) is 0 Å². The van der Waals surface area contributed by atoms with Crippen LogP contribution in [0.4, 0.5) is 0 Å². The van der Waals surface area contributed by atoms with Gasteiger partial charge in [-0.05, 0) is 18.4 Å². The van der Waals surface area contributed by atoms with Crippen molar-refractivity contribution in [3.63, 3.8) is 0 Å². The van der Waals surface area contributed by atoms with Crippen LogP contribution in [0.3, 0.4) is 0 Å². The van der Waals surface area contributed by atoms with E-state index >= 15 is 0 Å². The minimum Gasteiger partial charge on any atom is -0.384 e. The normalized spacial score (nSPS) is 14.2. The van der Waals surface area contributed by atoms with E-state index in [1.807, 2.05) is 0 Å². The zero-order chi connectivity index (χ0) is 12.2. The molecule has 0 aromatic rings. The standard InChI is InChI=1S/C15H28O/c1-5-8-9-12-14(10-6-2)15(11-7-3)13-16-4/h11,14-15H,3,5-6,8-10,12-13H2,1-2,4H3. The summed E-state index contributed by atoms with van der Waals surface area (Å²) in [6, 6.07) is 0. The Morgan fingerprint density at radius 1 is 1.19 bits per heavy atom. The molecular formula is C15H28O. The minimum atomic E-state index is 0.499. The maximum atomic E-state index is 5.29. The van der Waals surface area contributed by atoms with E-state index in [2.05, 4.69) is 32.2 Å². The summed E-state index contributed by atoms with van der Waals surface area (Å²) in [7, 11) is 1.78. The molecule has 0 rings (SSSR count). The van der Waals surface area contributed by atoms with E-state index in [4.69, 9.17) is 4.74 Å². The maximum absolute atomic E-state index is 5.29. The summed E-state index contributed by atoms with van der Waals surface area (Å²) in [5.41, 5.74) is 2.93. The molecule has 0 aromatic heterocycles. The second-order valence-electron chi connectivity index (χ2n) is 4.53. The topological polar surface area (TPSA) is 9.23 Å². The van der Waals surface area contributed by atoms with Gasteiger partial charge in [-0.2, -0.15) is 0 Å². The highest BCUT2D eigenvalue weighted by Gasteiger charge is 2.17. The lowest BCUT2D eigenvalue weighted by molar-refractivity contribution is 0.135. The predicted molar refractivity (Wildman–Crippen MR) is 71.6 cm³/mol. The van der Waals surface area contributed by atoms with E-state index < -0.39 is 0 Å². The van der Waals surface area contributed by atoms with Gasteiger partial charge in [0.2, 0.25) is 0 Å². The number of rotatable bonds is 10. The Morgan fingerprint density at radius 2 is 1.94 bits per heavy atom. The molecule has 0 N–H and O–H groups in total. The monoisotopic (exact) mass is 224 g/mol. The van der Waals surface area contributed by atoms with Crippen LogP contribution >= 0.6 is 0 Å². The lowest BCUT2D eigenvalue weighted by Gasteiger charge is -2.23.